The molecule has 106 valence electrons. The lowest BCUT2D eigenvalue weighted by atomic mass is 10.1. The van der Waals surface area contributed by atoms with Crippen LogP contribution in [0.5, 0.6) is 0 Å². The van der Waals surface area contributed by atoms with Gasteiger partial charge in [0, 0.05) is 17.0 Å². The number of hydrogen-bond acceptors (Lipinski definition) is 3. The van der Waals surface area contributed by atoms with E-state index in [1.54, 1.807) is 0 Å². The van der Waals surface area contributed by atoms with Gasteiger partial charge in [0.15, 0.2) is 0 Å². The standard InChI is InChI=1S/C14H22N2O2S/c1-9-5-10(2)7-12(6-9)16-14(18)15-11(3)13(8-17)19-4/h5-7,11,13,17H,8H2,1-4H3,(H2,15,16,18). The maximum Gasteiger partial charge on any atom is 0.319 e. The zero-order valence-electron chi connectivity index (χ0n) is 11.9. The molecule has 0 bridgehead atoms. The number of hydrogen-bond donors (Lipinski definition) is 3. The third kappa shape index (κ3) is 5.12. The Morgan fingerprint density at radius 2 is 1.89 bits per heavy atom. The Balaban J connectivity index is 2.60. The highest BCUT2D eigenvalue weighted by molar-refractivity contribution is 7.99. The lowest BCUT2D eigenvalue weighted by molar-refractivity contribution is 0.243. The van der Waals surface area contributed by atoms with Gasteiger partial charge in [-0.1, -0.05) is 6.07 Å². The first-order valence-corrected chi connectivity index (χ1v) is 7.54. The van der Waals surface area contributed by atoms with Crippen molar-refractivity contribution in [1.82, 2.24) is 5.32 Å². The Morgan fingerprint density at radius 3 is 2.37 bits per heavy atom. The summed E-state index contributed by atoms with van der Waals surface area (Å²) in [5.41, 5.74) is 3.01. The molecule has 0 fully saturated rings. The maximum absolute atomic E-state index is 11.9. The van der Waals surface area contributed by atoms with Crippen LogP contribution in [-0.2, 0) is 0 Å². The van der Waals surface area contributed by atoms with E-state index < -0.39 is 0 Å². The van der Waals surface area contributed by atoms with Gasteiger partial charge >= 0.3 is 6.03 Å². The lowest BCUT2D eigenvalue weighted by Crippen LogP contribution is -2.43. The smallest absolute Gasteiger partial charge is 0.319 e. The molecule has 0 radical (unpaired) electrons. The first kappa shape index (κ1) is 15.9. The van der Waals surface area contributed by atoms with Crippen LogP contribution in [0.4, 0.5) is 10.5 Å². The molecule has 0 aliphatic rings. The Bertz CT molecular complexity index is 413. The number of carbonyl (C=O) groups excluding carboxylic acids is 1. The Morgan fingerprint density at radius 1 is 1.32 bits per heavy atom. The fraction of sp³-hybridized carbons (Fsp3) is 0.500. The van der Waals surface area contributed by atoms with Crippen LogP contribution in [0, 0.1) is 13.8 Å². The van der Waals surface area contributed by atoms with Gasteiger partial charge in [0.05, 0.1) is 6.61 Å². The SMILES string of the molecule is CSC(CO)C(C)NC(=O)Nc1cc(C)cc(C)c1. The van der Waals surface area contributed by atoms with Crippen LogP contribution < -0.4 is 10.6 Å². The molecule has 0 saturated heterocycles. The summed E-state index contributed by atoms with van der Waals surface area (Å²) >= 11 is 1.54. The Hall–Kier alpha value is -1.20. The van der Waals surface area contributed by atoms with Crippen molar-refractivity contribution in [2.75, 3.05) is 18.2 Å². The second-order valence-corrected chi connectivity index (χ2v) is 5.80. The van der Waals surface area contributed by atoms with Crippen molar-refractivity contribution in [3.63, 3.8) is 0 Å². The van der Waals surface area contributed by atoms with Crippen LogP contribution in [0.25, 0.3) is 0 Å². The monoisotopic (exact) mass is 282 g/mol. The van der Waals surface area contributed by atoms with Crippen molar-refractivity contribution in [3.05, 3.63) is 29.3 Å². The highest BCUT2D eigenvalue weighted by atomic mass is 32.2. The zero-order chi connectivity index (χ0) is 14.4. The molecule has 0 spiro atoms. The molecule has 4 nitrogen and oxygen atoms in total. The van der Waals surface area contributed by atoms with E-state index in [0.717, 1.165) is 16.8 Å². The number of thioether (sulfide) groups is 1. The molecule has 1 rings (SSSR count). The molecule has 2 amide bonds. The third-order valence-corrected chi connectivity index (χ3v) is 4.04. The van der Waals surface area contributed by atoms with Crippen molar-refractivity contribution in [2.45, 2.75) is 32.1 Å². The molecule has 2 unspecified atom stereocenters. The molecule has 2 atom stereocenters. The summed E-state index contributed by atoms with van der Waals surface area (Å²) < 4.78 is 0. The van der Waals surface area contributed by atoms with E-state index in [-0.39, 0.29) is 23.9 Å². The van der Waals surface area contributed by atoms with E-state index in [9.17, 15) is 9.90 Å². The molecule has 3 N–H and O–H groups in total. The van der Waals surface area contributed by atoms with Crippen molar-refractivity contribution >= 4 is 23.5 Å². The molecule has 0 aliphatic carbocycles. The molecule has 1 aromatic rings. The largest absolute Gasteiger partial charge is 0.395 e. The highest BCUT2D eigenvalue weighted by Gasteiger charge is 2.17. The lowest BCUT2D eigenvalue weighted by Gasteiger charge is -2.21. The minimum atomic E-state index is -0.245. The van der Waals surface area contributed by atoms with Crippen molar-refractivity contribution in [2.24, 2.45) is 0 Å². The van der Waals surface area contributed by atoms with E-state index in [4.69, 9.17) is 0 Å². The number of urea groups is 1. The molecule has 19 heavy (non-hydrogen) atoms. The molecule has 0 saturated carbocycles. The Kier molecular flexibility index (Phi) is 6.18. The summed E-state index contributed by atoms with van der Waals surface area (Å²) in [5.74, 6) is 0. The summed E-state index contributed by atoms with van der Waals surface area (Å²) in [4.78, 5) is 11.9. The Labute approximate surface area is 119 Å². The normalized spacial score (nSPS) is 13.7. The average molecular weight is 282 g/mol. The van der Waals surface area contributed by atoms with Gasteiger partial charge in [-0.3, -0.25) is 0 Å². The molecule has 0 aromatic heterocycles. The average Bonchev–Trinajstić information content (AvgIpc) is 2.28. The number of aliphatic hydroxyl groups is 1. The summed E-state index contributed by atoms with van der Waals surface area (Å²) in [6, 6.07) is 5.57. The molecular formula is C14H22N2O2S. The number of aliphatic hydroxyl groups excluding tert-OH is 1. The summed E-state index contributed by atoms with van der Waals surface area (Å²) in [6.45, 7) is 5.92. The number of amides is 2. The van der Waals surface area contributed by atoms with E-state index in [2.05, 4.69) is 16.7 Å². The van der Waals surface area contributed by atoms with Crippen LogP contribution in [0.2, 0.25) is 0 Å². The van der Waals surface area contributed by atoms with Crippen molar-refractivity contribution < 1.29 is 9.90 Å². The van der Waals surface area contributed by atoms with E-state index in [0.29, 0.717) is 0 Å². The van der Waals surface area contributed by atoms with Crippen molar-refractivity contribution in [1.29, 1.82) is 0 Å². The van der Waals surface area contributed by atoms with Gasteiger partial charge in [-0.25, -0.2) is 4.79 Å². The number of rotatable bonds is 5. The van der Waals surface area contributed by atoms with Gasteiger partial charge in [-0.2, -0.15) is 11.8 Å². The van der Waals surface area contributed by atoms with Crippen LogP contribution in [0.15, 0.2) is 18.2 Å². The predicted octanol–water partition coefficient (Wildman–Crippen LogP) is 2.54. The van der Waals surface area contributed by atoms with Crippen LogP contribution in [0.1, 0.15) is 18.1 Å². The predicted molar refractivity (Wildman–Crippen MR) is 81.9 cm³/mol. The number of anilines is 1. The second kappa shape index (κ2) is 7.40. The highest BCUT2D eigenvalue weighted by Crippen LogP contribution is 2.14. The molecule has 0 heterocycles. The third-order valence-electron chi connectivity index (χ3n) is 2.88. The van der Waals surface area contributed by atoms with Gasteiger partial charge in [-0.05, 0) is 50.3 Å². The maximum atomic E-state index is 11.9. The fourth-order valence-electron chi connectivity index (χ4n) is 1.95. The van der Waals surface area contributed by atoms with Crippen LogP contribution in [-0.4, -0.2) is 35.3 Å². The van der Waals surface area contributed by atoms with Gasteiger partial charge < -0.3 is 15.7 Å². The van der Waals surface area contributed by atoms with Gasteiger partial charge in [0.1, 0.15) is 0 Å². The van der Waals surface area contributed by atoms with Crippen LogP contribution in [0.3, 0.4) is 0 Å². The van der Waals surface area contributed by atoms with Gasteiger partial charge in [0.2, 0.25) is 0 Å². The molecule has 1 aromatic carbocycles. The minimum absolute atomic E-state index is 0.00463. The number of aryl methyl sites for hydroxylation is 2. The number of nitrogens with one attached hydrogen (secondary N) is 2. The van der Waals surface area contributed by atoms with E-state index >= 15 is 0 Å². The summed E-state index contributed by atoms with van der Waals surface area (Å²) in [6.07, 6.45) is 1.92. The minimum Gasteiger partial charge on any atom is -0.395 e. The van der Waals surface area contributed by atoms with Gasteiger partial charge in [0.25, 0.3) is 0 Å². The summed E-state index contributed by atoms with van der Waals surface area (Å²) in [5, 5.41) is 14.8. The fourth-order valence-corrected chi connectivity index (χ4v) is 2.58. The topological polar surface area (TPSA) is 61.4 Å². The first-order valence-electron chi connectivity index (χ1n) is 6.25. The quantitative estimate of drug-likeness (QED) is 0.778. The van der Waals surface area contributed by atoms with Crippen LogP contribution >= 0.6 is 11.8 Å². The van der Waals surface area contributed by atoms with Gasteiger partial charge in [-0.15, -0.1) is 0 Å². The summed E-state index contributed by atoms with van der Waals surface area (Å²) in [7, 11) is 0. The number of benzene rings is 1. The van der Waals surface area contributed by atoms with E-state index in [1.165, 1.54) is 11.8 Å². The first-order chi connectivity index (χ1) is 8.96. The molecule has 0 aliphatic heterocycles. The second-order valence-electron chi connectivity index (χ2n) is 4.72. The zero-order valence-corrected chi connectivity index (χ0v) is 12.7. The van der Waals surface area contributed by atoms with Crippen molar-refractivity contribution in [3.8, 4) is 0 Å². The number of carbonyl (C=O) groups is 1. The molecular weight excluding hydrogens is 260 g/mol. The van der Waals surface area contributed by atoms with E-state index in [1.807, 2.05) is 39.2 Å². The molecule has 5 heteroatoms.